The Balaban J connectivity index is 1.72. The first-order valence-electron chi connectivity index (χ1n) is 12.7. The van der Waals surface area contributed by atoms with Gasteiger partial charge in [0, 0.05) is 16.1 Å². The Kier molecular flexibility index (Phi) is 6.23. The van der Waals surface area contributed by atoms with Crippen molar-refractivity contribution in [3.05, 3.63) is 100 Å². The molecule has 7 nitrogen and oxygen atoms in total. The molecule has 39 heavy (non-hydrogen) atoms. The highest BCUT2D eigenvalue weighted by Gasteiger charge is 2.35. The van der Waals surface area contributed by atoms with Crippen molar-refractivity contribution in [1.82, 2.24) is 14.5 Å². The third kappa shape index (κ3) is 4.19. The highest BCUT2D eigenvalue weighted by atomic mass is 35.5. The molecule has 8 heteroatoms. The zero-order valence-corrected chi connectivity index (χ0v) is 22.6. The molecule has 1 aliphatic heterocycles. The van der Waals surface area contributed by atoms with Gasteiger partial charge in [-0.3, -0.25) is 4.79 Å². The standard InChI is InChI=1S/C31H27ClN4O3/c1-18-13-25-28(21-9-11-22(32)12-10-21)24(14-27(37)38)19(2)29-30(25)36(18)26(20-7-5-4-6-8-20)17-35(29)31-33-15-23(39-3)16-34-31/h4-13,15-16,26H,14,17H2,1-3H3,(H,37,38). The van der Waals surface area contributed by atoms with Crippen molar-refractivity contribution >= 4 is 40.1 Å². The second-order valence-electron chi connectivity index (χ2n) is 9.78. The average Bonchev–Trinajstić information content (AvgIpc) is 3.29. The van der Waals surface area contributed by atoms with Gasteiger partial charge in [0.05, 0.1) is 49.7 Å². The summed E-state index contributed by atoms with van der Waals surface area (Å²) in [6.45, 7) is 4.69. The minimum Gasteiger partial charge on any atom is -0.494 e. The lowest BCUT2D eigenvalue weighted by Gasteiger charge is -2.38. The first kappa shape index (κ1) is 24.9. The number of methoxy groups -OCH3 is 1. The normalized spacial score (nSPS) is 14.6. The van der Waals surface area contributed by atoms with Crippen LogP contribution in [0.4, 0.5) is 11.6 Å². The van der Waals surface area contributed by atoms with Crippen LogP contribution < -0.4 is 9.64 Å². The minimum atomic E-state index is -0.888. The molecule has 0 saturated heterocycles. The van der Waals surface area contributed by atoms with Crippen molar-refractivity contribution < 1.29 is 14.6 Å². The second-order valence-corrected chi connectivity index (χ2v) is 10.2. The average molecular weight is 539 g/mol. The molecular weight excluding hydrogens is 512 g/mol. The maximum Gasteiger partial charge on any atom is 0.307 e. The number of carboxylic acids is 1. The summed E-state index contributed by atoms with van der Waals surface area (Å²) in [5.41, 5.74) is 7.71. The predicted molar refractivity (Wildman–Crippen MR) is 153 cm³/mol. The maximum absolute atomic E-state index is 12.2. The van der Waals surface area contributed by atoms with Crippen LogP contribution in [0.15, 0.2) is 73.1 Å². The van der Waals surface area contributed by atoms with E-state index in [4.69, 9.17) is 16.3 Å². The molecule has 5 aromatic rings. The van der Waals surface area contributed by atoms with Crippen molar-refractivity contribution in [1.29, 1.82) is 0 Å². The Morgan fingerprint density at radius 1 is 1.08 bits per heavy atom. The van der Waals surface area contributed by atoms with Crippen LogP contribution in [0.25, 0.3) is 22.0 Å². The van der Waals surface area contributed by atoms with Gasteiger partial charge in [-0.2, -0.15) is 0 Å². The number of aromatic nitrogens is 3. The molecule has 0 amide bonds. The van der Waals surface area contributed by atoms with Gasteiger partial charge < -0.3 is 19.3 Å². The predicted octanol–water partition coefficient (Wildman–Crippen LogP) is 6.75. The van der Waals surface area contributed by atoms with Gasteiger partial charge in [-0.05, 0) is 59.9 Å². The van der Waals surface area contributed by atoms with Gasteiger partial charge in [0.25, 0.3) is 0 Å². The molecule has 0 fully saturated rings. The zero-order chi connectivity index (χ0) is 27.3. The summed E-state index contributed by atoms with van der Waals surface area (Å²) in [7, 11) is 1.59. The molecule has 0 bridgehead atoms. The van der Waals surface area contributed by atoms with Crippen LogP contribution >= 0.6 is 11.6 Å². The van der Waals surface area contributed by atoms with Crippen molar-refractivity contribution in [2.75, 3.05) is 18.6 Å². The number of benzene rings is 3. The van der Waals surface area contributed by atoms with E-state index in [2.05, 4.69) is 56.7 Å². The molecule has 2 aromatic heterocycles. The van der Waals surface area contributed by atoms with Crippen molar-refractivity contribution in [2.24, 2.45) is 0 Å². The zero-order valence-electron chi connectivity index (χ0n) is 21.9. The van der Waals surface area contributed by atoms with Gasteiger partial charge >= 0.3 is 5.97 Å². The van der Waals surface area contributed by atoms with Crippen LogP contribution in [0.2, 0.25) is 5.02 Å². The van der Waals surface area contributed by atoms with Crippen molar-refractivity contribution in [2.45, 2.75) is 26.3 Å². The van der Waals surface area contributed by atoms with Crippen LogP contribution in [0.5, 0.6) is 5.75 Å². The molecule has 6 rings (SSSR count). The third-order valence-corrected chi connectivity index (χ3v) is 7.76. The highest BCUT2D eigenvalue weighted by Crippen LogP contribution is 2.49. The smallest absolute Gasteiger partial charge is 0.307 e. The number of hydrogen-bond acceptors (Lipinski definition) is 5. The van der Waals surface area contributed by atoms with E-state index in [-0.39, 0.29) is 12.5 Å². The molecule has 3 heterocycles. The number of hydrogen-bond donors (Lipinski definition) is 1. The van der Waals surface area contributed by atoms with Crippen LogP contribution in [-0.4, -0.2) is 39.3 Å². The third-order valence-electron chi connectivity index (χ3n) is 7.51. The van der Waals surface area contributed by atoms with E-state index >= 15 is 0 Å². The molecule has 1 N–H and O–H groups in total. The van der Waals surface area contributed by atoms with Gasteiger partial charge in [0.1, 0.15) is 0 Å². The molecule has 0 aliphatic carbocycles. The molecule has 1 aliphatic rings. The number of carboxylic acid groups (broad SMARTS) is 1. The van der Waals surface area contributed by atoms with Gasteiger partial charge in [-0.1, -0.05) is 54.1 Å². The molecule has 3 aromatic carbocycles. The fourth-order valence-corrected chi connectivity index (χ4v) is 5.94. The first-order valence-corrected chi connectivity index (χ1v) is 13.1. The number of aliphatic carboxylic acids is 1. The Bertz CT molecular complexity index is 1700. The van der Waals surface area contributed by atoms with E-state index < -0.39 is 5.97 Å². The summed E-state index contributed by atoms with van der Waals surface area (Å²) in [5, 5.41) is 11.6. The highest BCUT2D eigenvalue weighted by molar-refractivity contribution is 6.30. The lowest BCUT2D eigenvalue weighted by molar-refractivity contribution is -0.136. The van der Waals surface area contributed by atoms with Crippen molar-refractivity contribution in [3.63, 3.8) is 0 Å². The maximum atomic E-state index is 12.2. The Morgan fingerprint density at radius 3 is 2.41 bits per heavy atom. The van der Waals surface area contributed by atoms with E-state index in [0.29, 0.717) is 23.3 Å². The van der Waals surface area contributed by atoms with Gasteiger partial charge in [0.2, 0.25) is 5.95 Å². The second kappa shape index (κ2) is 9.75. The van der Waals surface area contributed by atoms with Crippen LogP contribution in [0.3, 0.4) is 0 Å². The number of carbonyl (C=O) groups is 1. The van der Waals surface area contributed by atoms with Gasteiger partial charge in [0.15, 0.2) is 5.75 Å². The topological polar surface area (TPSA) is 80.5 Å². The fraction of sp³-hybridized carbons (Fsp3) is 0.194. The summed E-state index contributed by atoms with van der Waals surface area (Å²) in [4.78, 5) is 23.6. The number of rotatable bonds is 6. The molecule has 1 atom stereocenters. The SMILES string of the molecule is COc1cnc(N2CC(c3ccccc3)n3c(C)cc4c(-c5ccc(Cl)cc5)c(CC(=O)O)c(C)c2c43)nc1. The van der Waals surface area contributed by atoms with E-state index in [0.717, 1.165) is 44.5 Å². The minimum absolute atomic E-state index is 0.00954. The van der Waals surface area contributed by atoms with E-state index in [1.165, 1.54) is 5.56 Å². The molecule has 0 spiro atoms. The van der Waals surface area contributed by atoms with Gasteiger partial charge in [-0.25, -0.2) is 9.97 Å². The lowest BCUT2D eigenvalue weighted by atomic mass is 9.88. The summed E-state index contributed by atoms with van der Waals surface area (Å²) >= 11 is 6.23. The molecule has 0 radical (unpaired) electrons. The van der Waals surface area contributed by atoms with E-state index in [1.807, 2.05) is 37.3 Å². The summed E-state index contributed by atoms with van der Waals surface area (Å²) in [6.07, 6.45) is 3.20. The largest absolute Gasteiger partial charge is 0.494 e. The monoisotopic (exact) mass is 538 g/mol. The summed E-state index contributed by atoms with van der Waals surface area (Å²) < 4.78 is 7.67. The Morgan fingerprint density at radius 2 is 1.77 bits per heavy atom. The number of nitrogens with zero attached hydrogens (tertiary/aromatic N) is 4. The van der Waals surface area contributed by atoms with Crippen molar-refractivity contribution in [3.8, 4) is 16.9 Å². The molecule has 0 saturated carbocycles. The summed E-state index contributed by atoms with van der Waals surface area (Å²) in [6, 6.07) is 20.2. The molecule has 196 valence electrons. The lowest BCUT2D eigenvalue weighted by Crippen LogP contribution is -2.34. The van der Waals surface area contributed by atoms with Gasteiger partial charge in [-0.15, -0.1) is 0 Å². The quantitative estimate of drug-likeness (QED) is 0.258. The number of ether oxygens (including phenoxy) is 1. The number of aryl methyl sites for hydroxylation is 1. The Labute approximate surface area is 231 Å². The number of halogens is 1. The van der Waals surface area contributed by atoms with Crippen LogP contribution in [0.1, 0.15) is 28.4 Å². The van der Waals surface area contributed by atoms with Crippen LogP contribution in [0, 0.1) is 13.8 Å². The fourth-order valence-electron chi connectivity index (χ4n) is 5.82. The molecule has 1 unspecified atom stereocenters. The van der Waals surface area contributed by atoms with E-state index in [1.54, 1.807) is 19.5 Å². The van der Waals surface area contributed by atoms with E-state index in [9.17, 15) is 9.90 Å². The van der Waals surface area contributed by atoms with Crippen LogP contribution in [-0.2, 0) is 11.2 Å². The molecular formula is C31H27ClN4O3. The number of anilines is 2. The first-order chi connectivity index (χ1) is 18.9. The Hall–Kier alpha value is -4.36. The summed E-state index contributed by atoms with van der Waals surface area (Å²) in [5.74, 6) is 0.217.